The minimum absolute atomic E-state index is 0.00299. The van der Waals surface area contributed by atoms with Crippen LogP contribution in [0.25, 0.3) is 0 Å². The summed E-state index contributed by atoms with van der Waals surface area (Å²) in [5.41, 5.74) is 0. The van der Waals surface area contributed by atoms with Crippen LogP contribution in [0.15, 0.2) is 0 Å². The number of hydrogen-bond donors (Lipinski definition) is 1. The maximum absolute atomic E-state index is 12.3. The molecule has 2 amide bonds. The summed E-state index contributed by atoms with van der Waals surface area (Å²) in [6.07, 6.45) is -2.02. The van der Waals surface area contributed by atoms with Gasteiger partial charge in [0.1, 0.15) is 18.7 Å². The average molecular weight is 292 g/mol. The van der Waals surface area contributed by atoms with Gasteiger partial charge in [-0.15, -0.1) is 0 Å². The van der Waals surface area contributed by atoms with E-state index in [1.165, 1.54) is 4.90 Å². The third-order valence-corrected chi connectivity index (χ3v) is 3.26. The zero-order chi connectivity index (χ0) is 15.3. The summed E-state index contributed by atoms with van der Waals surface area (Å²) in [4.78, 5) is 25.7. The minimum atomic E-state index is -2.53. The number of nitrogens with zero attached hydrogens (tertiary/aromatic N) is 1. The van der Waals surface area contributed by atoms with Crippen molar-refractivity contribution >= 4 is 11.8 Å². The quantitative estimate of drug-likeness (QED) is 0.713. The first-order valence-electron chi connectivity index (χ1n) is 6.85. The molecule has 0 bridgehead atoms. The number of amides is 2. The first-order chi connectivity index (χ1) is 9.38. The van der Waals surface area contributed by atoms with Gasteiger partial charge in [0.15, 0.2) is 0 Å². The van der Waals surface area contributed by atoms with E-state index < -0.39 is 25.1 Å². The molecule has 1 rings (SSSR count). The molecule has 1 N–H and O–H groups in total. The Labute approximate surface area is 117 Å². The molecule has 20 heavy (non-hydrogen) atoms. The maximum Gasteiger partial charge on any atom is 0.261 e. The topological polar surface area (TPSA) is 58.6 Å². The largest absolute Gasteiger partial charge is 0.374 e. The van der Waals surface area contributed by atoms with Crippen molar-refractivity contribution in [3.8, 4) is 0 Å². The Morgan fingerprint density at radius 1 is 1.35 bits per heavy atom. The van der Waals surface area contributed by atoms with E-state index in [9.17, 15) is 18.4 Å². The number of piperazine rings is 1. The van der Waals surface area contributed by atoms with Crippen molar-refractivity contribution in [2.45, 2.75) is 45.7 Å². The molecule has 1 heterocycles. The molecule has 1 aliphatic heterocycles. The fraction of sp³-hybridized carbons (Fsp3) is 0.846. The van der Waals surface area contributed by atoms with Crippen LogP contribution in [0, 0.1) is 5.92 Å². The summed E-state index contributed by atoms with van der Waals surface area (Å²) < 4.78 is 28.8. The molecule has 1 saturated heterocycles. The first kappa shape index (κ1) is 16.8. The summed E-state index contributed by atoms with van der Waals surface area (Å²) in [7, 11) is 0. The monoisotopic (exact) mass is 292 g/mol. The normalized spacial score (nSPS) is 23.6. The molecule has 2 unspecified atom stereocenters. The Hall–Kier alpha value is -1.24. The van der Waals surface area contributed by atoms with Gasteiger partial charge in [-0.05, 0) is 12.3 Å². The van der Waals surface area contributed by atoms with Crippen LogP contribution < -0.4 is 5.32 Å². The molecular formula is C13H22F2N2O3. The number of alkyl halides is 2. The van der Waals surface area contributed by atoms with Crippen LogP contribution in [-0.2, 0) is 14.3 Å². The third kappa shape index (κ3) is 4.13. The summed E-state index contributed by atoms with van der Waals surface area (Å²) in [6, 6.07) is -1.10. The fourth-order valence-electron chi connectivity index (χ4n) is 2.32. The molecule has 0 aromatic rings. The second kappa shape index (κ2) is 7.52. The lowest BCUT2D eigenvalue weighted by Crippen LogP contribution is -2.65. The predicted octanol–water partition coefficient (Wildman–Crippen LogP) is 1.03. The van der Waals surface area contributed by atoms with Crippen LogP contribution >= 0.6 is 0 Å². The van der Waals surface area contributed by atoms with E-state index in [0.717, 1.165) is 0 Å². The number of carbonyl (C=O) groups is 2. The Morgan fingerprint density at radius 3 is 2.50 bits per heavy atom. The summed E-state index contributed by atoms with van der Waals surface area (Å²) >= 11 is 0. The van der Waals surface area contributed by atoms with Crippen LogP contribution in [-0.4, -0.2) is 55.0 Å². The van der Waals surface area contributed by atoms with Gasteiger partial charge < -0.3 is 15.0 Å². The van der Waals surface area contributed by atoms with Crippen molar-refractivity contribution in [2.75, 3.05) is 19.8 Å². The molecule has 116 valence electrons. The highest BCUT2D eigenvalue weighted by molar-refractivity contribution is 5.97. The van der Waals surface area contributed by atoms with Gasteiger partial charge >= 0.3 is 0 Å². The zero-order valence-corrected chi connectivity index (χ0v) is 12.1. The van der Waals surface area contributed by atoms with Crippen molar-refractivity contribution in [3.63, 3.8) is 0 Å². The maximum atomic E-state index is 12.3. The van der Waals surface area contributed by atoms with E-state index in [2.05, 4.69) is 5.32 Å². The van der Waals surface area contributed by atoms with Crippen LogP contribution in [0.5, 0.6) is 0 Å². The fourth-order valence-corrected chi connectivity index (χ4v) is 2.32. The van der Waals surface area contributed by atoms with Gasteiger partial charge in [0.05, 0.1) is 6.61 Å². The number of carbonyl (C=O) groups excluding carboxylic acids is 2. The smallest absolute Gasteiger partial charge is 0.261 e. The molecule has 0 aliphatic carbocycles. The Bertz CT molecular complexity index is 351. The van der Waals surface area contributed by atoms with Gasteiger partial charge in [-0.2, -0.15) is 0 Å². The van der Waals surface area contributed by atoms with Crippen LogP contribution in [0.2, 0.25) is 0 Å². The Balaban J connectivity index is 2.68. The van der Waals surface area contributed by atoms with E-state index in [-0.39, 0.29) is 30.9 Å². The van der Waals surface area contributed by atoms with Crippen LogP contribution in [0.3, 0.4) is 0 Å². The molecular weight excluding hydrogens is 270 g/mol. The number of rotatable bonds is 7. The van der Waals surface area contributed by atoms with Crippen molar-refractivity contribution in [1.29, 1.82) is 0 Å². The standard InChI is InChI=1S/C13H22F2N2O3/c1-4-9-13(19)17(5-6-20-7-10(14)15)11(8(2)3)12(18)16-9/h8-11H,4-7H2,1-3H3,(H,16,18). The molecule has 0 aromatic heterocycles. The highest BCUT2D eigenvalue weighted by Gasteiger charge is 2.40. The summed E-state index contributed by atoms with van der Waals surface area (Å²) in [5.74, 6) is -0.418. The highest BCUT2D eigenvalue weighted by Crippen LogP contribution is 2.18. The SMILES string of the molecule is CCC1NC(=O)C(C(C)C)N(CCOCC(F)F)C1=O. The van der Waals surface area contributed by atoms with Gasteiger partial charge in [-0.3, -0.25) is 9.59 Å². The Kier molecular flexibility index (Phi) is 6.32. The first-order valence-corrected chi connectivity index (χ1v) is 6.85. The number of hydrogen-bond acceptors (Lipinski definition) is 3. The third-order valence-electron chi connectivity index (χ3n) is 3.26. The lowest BCUT2D eigenvalue weighted by Gasteiger charge is -2.40. The van der Waals surface area contributed by atoms with Crippen molar-refractivity contribution in [3.05, 3.63) is 0 Å². The number of ether oxygens (including phenoxy) is 1. The predicted molar refractivity (Wildman–Crippen MR) is 69.4 cm³/mol. The molecule has 0 spiro atoms. The van der Waals surface area contributed by atoms with Crippen molar-refractivity contribution in [1.82, 2.24) is 10.2 Å². The lowest BCUT2D eigenvalue weighted by atomic mass is 9.96. The molecule has 2 atom stereocenters. The molecule has 5 nitrogen and oxygen atoms in total. The summed E-state index contributed by atoms with van der Waals surface area (Å²) in [5, 5.41) is 2.69. The van der Waals surface area contributed by atoms with Crippen molar-refractivity contribution < 1.29 is 23.1 Å². The van der Waals surface area contributed by atoms with E-state index >= 15 is 0 Å². The molecule has 7 heteroatoms. The van der Waals surface area contributed by atoms with Gasteiger partial charge in [-0.1, -0.05) is 20.8 Å². The second-order valence-electron chi connectivity index (χ2n) is 5.16. The zero-order valence-electron chi connectivity index (χ0n) is 12.1. The molecule has 1 aliphatic rings. The van der Waals surface area contributed by atoms with Gasteiger partial charge in [-0.25, -0.2) is 8.78 Å². The lowest BCUT2D eigenvalue weighted by molar-refractivity contribution is -0.152. The number of halogens is 2. The second-order valence-corrected chi connectivity index (χ2v) is 5.16. The van der Waals surface area contributed by atoms with E-state index in [4.69, 9.17) is 4.74 Å². The molecule has 1 fully saturated rings. The molecule has 0 radical (unpaired) electrons. The molecule has 0 aromatic carbocycles. The van der Waals surface area contributed by atoms with Crippen LogP contribution in [0.1, 0.15) is 27.2 Å². The van der Waals surface area contributed by atoms with Gasteiger partial charge in [0.2, 0.25) is 11.8 Å². The Morgan fingerprint density at radius 2 is 2.00 bits per heavy atom. The van der Waals surface area contributed by atoms with E-state index in [1.54, 1.807) is 0 Å². The summed E-state index contributed by atoms with van der Waals surface area (Å²) in [6.45, 7) is 5.00. The van der Waals surface area contributed by atoms with Gasteiger partial charge in [0, 0.05) is 6.54 Å². The highest BCUT2D eigenvalue weighted by atomic mass is 19.3. The van der Waals surface area contributed by atoms with E-state index in [0.29, 0.717) is 6.42 Å². The van der Waals surface area contributed by atoms with E-state index in [1.807, 2.05) is 20.8 Å². The van der Waals surface area contributed by atoms with Gasteiger partial charge in [0.25, 0.3) is 6.43 Å². The van der Waals surface area contributed by atoms with Crippen LogP contribution in [0.4, 0.5) is 8.78 Å². The van der Waals surface area contributed by atoms with Crippen molar-refractivity contribution in [2.24, 2.45) is 5.92 Å². The average Bonchev–Trinajstić information content (AvgIpc) is 2.36. The molecule has 0 saturated carbocycles. The number of nitrogens with one attached hydrogen (secondary N) is 1. The minimum Gasteiger partial charge on any atom is -0.374 e.